The highest BCUT2D eigenvalue weighted by Crippen LogP contribution is 2.42. The lowest BCUT2D eigenvalue weighted by Crippen LogP contribution is -2.42. The van der Waals surface area contributed by atoms with Gasteiger partial charge in [0, 0.05) is 12.0 Å². The molecule has 0 amide bonds. The van der Waals surface area contributed by atoms with E-state index in [1.165, 1.54) is 38.5 Å². The van der Waals surface area contributed by atoms with Crippen molar-refractivity contribution in [3.63, 3.8) is 0 Å². The van der Waals surface area contributed by atoms with Gasteiger partial charge >= 0.3 is 0 Å². The van der Waals surface area contributed by atoms with Crippen molar-refractivity contribution in [3.05, 3.63) is 35.4 Å². The summed E-state index contributed by atoms with van der Waals surface area (Å²) in [7, 11) is 0. The number of benzene rings is 1. The zero-order chi connectivity index (χ0) is 14.4. The van der Waals surface area contributed by atoms with E-state index in [-0.39, 0.29) is 0 Å². The molecule has 0 saturated carbocycles. The Labute approximate surface area is 125 Å². The predicted molar refractivity (Wildman–Crippen MR) is 88.3 cm³/mol. The zero-order valence-electron chi connectivity index (χ0n) is 13.5. The summed E-state index contributed by atoms with van der Waals surface area (Å²) in [6.07, 6.45) is 7.81. The minimum absolute atomic E-state index is 0.374. The first-order valence-corrected chi connectivity index (χ1v) is 8.51. The molecule has 0 spiro atoms. The predicted octanol–water partition coefficient (Wildman–Crippen LogP) is 4.70. The van der Waals surface area contributed by atoms with E-state index >= 15 is 0 Å². The molecule has 1 aromatic rings. The van der Waals surface area contributed by atoms with E-state index in [4.69, 9.17) is 0 Å². The molecule has 0 aromatic heterocycles. The summed E-state index contributed by atoms with van der Waals surface area (Å²) in [6.45, 7) is 9.29. The Morgan fingerprint density at radius 1 is 1.25 bits per heavy atom. The molecule has 112 valence electrons. The summed E-state index contributed by atoms with van der Waals surface area (Å²) in [4.78, 5) is 0. The molecule has 1 heteroatoms. The third kappa shape index (κ3) is 3.44. The Morgan fingerprint density at radius 3 is 2.80 bits per heavy atom. The molecule has 1 aliphatic rings. The van der Waals surface area contributed by atoms with Crippen LogP contribution in [0.15, 0.2) is 24.3 Å². The van der Waals surface area contributed by atoms with Gasteiger partial charge < -0.3 is 5.32 Å². The number of nitrogens with one attached hydrogen (secondary N) is 1. The van der Waals surface area contributed by atoms with E-state index in [2.05, 4.69) is 50.4 Å². The van der Waals surface area contributed by atoms with E-state index < -0.39 is 0 Å². The SMILES string of the molecule is CCCNCC1(CC(C)CC)CCCc2ccccc21. The smallest absolute Gasteiger partial charge is 0.00831 e. The normalized spacial score (nSPS) is 23.4. The Kier molecular flexibility index (Phi) is 5.65. The highest BCUT2D eigenvalue weighted by Gasteiger charge is 2.36. The molecule has 20 heavy (non-hydrogen) atoms. The van der Waals surface area contributed by atoms with Crippen LogP contribution in [0.2, 0.25) is 0 Å². The second-order valence-electron chi connectivity index (χ2n) is 6.69. The standard InChI is InChI=1S/C19H31N/c1-4-13-20-15-19(14-16(3)5-2)12-8-10-17-9-6-7-11-18(17)19/h6-7,9,11,16,20H,4-5,8,10,12-15H2,1-3H3. The molecular weight excluding hydrogens is 242 g/mol. The van der Waals surface area contributed by atoms with Gasteiger partial charge in [0.15, 0.2) is 0 Å². The van der Waals surface area contributed by atoms with Crippen LogP contribution in [-0.4, -0.2) is 13.1 Å². The molecule has 2 unspecified atom stereocenters. The third-order valence-electron chi connectivity index (χ3n) is 5.02. The summed E-state index contributed by atoms with van der Waals surface area (Å²) >= 11 is 0. The van der Waals surface area contributed by atoms with Gasteiger partial charge in [-0.1, -0.05) is 51.5 Å². The topological polar surface area (TPSA) is 12.0 Å². The second-order valence-corrected chi connectivity index (χ2v) is 6.69. The van der Waals surface area contributed by atoms with Crippen molar-refractivity contribution in [1.29, 1.82) is 0 Å². The summed E-state index contributed by atoms with van der Waals surface area (Å²) in [5, 5.41) is 3.72. The molecule has 0 radical (unpaired) electrons. The largest absolute Gasteiger partial charge is 0.316 e. The fourth-order valence-electron chi connectivity index (χ4n) is 3.79. The maximum Gasteiger partial charge on any atom is 0.00831 e. The van der Waals surface area contributed by atoms with E-state index in [1.54, 1.807) is 11.1 Å². The second kappa shape index (κ2) is 7.26. The van der Waals surface area contributed by atoms with E-state index in [0.29, 0.717) is 5.41 Å². The monoisotopic (exact) mass is 273 g/mol. The Balaban J connectivity index is 2.26. The van der Waals surface area contributed by atoms with Crippen LogP contribution in [-0.2, 0) is 11.8 Å². The van der Waals surface area contributed by atoms with Gasteiger partial charge in [0.05, 0.1) is 0 Å². The van der Waals surface area contributed by atoms with Gasteiger partial charge in [-0.3, -0.25) is 0 Å². The first-order chi connectivity index (χ1) is 9.72. The van der Waals surface area contributed by atoms with Crippen LogP contribution >= 0.6 is 0 Å². The Morgan fingerprint density at radius 2 is 2.05 bits per heavy atom. The Bertz CT molecular complexity index is 412. The van der Waals surface area contributed by atoms with Gasteiger partial charge in [0.1, 0.15) is 0 Å². The number of fused-ring (bicyclic) bond motifs is 1. The summed E-state index contributed by atoms with van der Waals surface area (Å²) in [6, 6.07) is 9.18. The van der Waals surface area contributed by atoms with Gasteiger partial charge in [0.2, 0.25) is 0 Å². The highest BCUT2D eigenvalue weighted by atomic mass is 14.9. The van der Waals surface area contributed by atoms with Crippen LogP contribution in [0.1, 0.15) is 64.0 Å². The number of hydrogen-bond donors (Lipinski definition) is 1. The molecule has 1 aromatic carbocycles. The van der Waals surface area contributed by atoms with Gasteiger partial charge in [-0.2, -0.15) is 0 Å². The van der Waals surface area contributed by atoms with Crippen molar-refractivity contribution in [3.8, 4) is 0 Å². The van der Waals surface area contributed by atoms with Gasteiger partial charge in [-0.25, -0.2) is 0 Å². The van der Waals surface area contributed by atoms with Crippen LogP contribution < -0.4 is 5.32 Å². The number of aryl methyl sites for hydroxylation is 1. The van der Waals surface area contributed by atoms with Crippen molar-refractivity contribution >= 4 is 0 Å². The molecule has 0 saturated heterocycles. The van der Waals surface area contributed by atoms with E-state index in [1.807, 2.05) is 0 Å². The maximum absolute atomic E-state index is 3.72. The molecule has 0 aliphatic heterocycles. The van der Waals surface area contributed by atoms with Gasteiger partial charge in [-0.05, 0) is 55.7 Å². The average Bonchev–Trinajstić information content (AvgIpc) is 2.48. The first kappa shape index (κ1) is 15.6. The van der Waals surface area contributed by atoms with Gasteiger partial charge in [0.25, 0.3) is 0 Å². The molecule has 1 N–H and O–H groups in total. The molecule has 0 fully saturated rings. The molecule has 1 aliphatic carbocycles. The van der Waals surface area contributed by atoms with Crippen LogP contribution in [0, 0.1) is 5.92 Å². The maximum atomic E-state index is 3.72. The quantitative estimate of drug-likeness (QED) is 0.710. The lowest BCUT2D eigenvalue weighted by molar-refractivity contribution is 0.269. The van der Waals surface area contributed by atoms with Crippen LogP contribution in [0.3, 0.4) is 0 Å². The highest BCUT2D eigenvalue weighted by molar-refractivity contribution is 5.37. The summed E-state index contributed by atoms with van der Waals surface area (Å²) in [5.41, 5.74) is 3.61. The minimum Gasteiger partial charge on any atom is -0.316 e. The molecule has 2 rings (SSSR count). The van der Waals surface area contributed by atoms with Crippen molar-refractivity contribution in [2.75, 3.05) is 13.1 Å². The lowest BCUT2D eigenvalue weighted by atomic mass is 9.65. The van der Waals surface area contributed by atoms with Crippen molar-refractivity contribution in [2.24, 2.45) is 5.92 Å². The fraction of sp³-hybridized carbons (Fsp3) is 0.684. The van der Waals surface area contributed by atoms with E-state index in [9.17, 15) is 0 Å². The van der Waals surface area contributed by atoms with Crippen LogP contribution in [0.5, 0.6) is 0 Å². The van der Waals surface area contributed by atoms with Crippen molar-refractivity contribution < 1.29 is 0 Å². The molecular formula is C19H31N. The molecule has 1 nitrogen and oxygen atoms in total. The molecule has 0 bridgehead atoms. The van der Waals surface area contributed by atoms with Crippen molar-refractivity contribution in [1.82, 2.24) is 5.32 Å². The average molecular weight is 273 g/mol. The molecule has 0 heterocycles. The zero-order valence-corrected chi connectivity index (χ0v) is 13.5. The number of hydrogen-bond acceptors (Lipinski definition) is 1. The Hall–Kier alpha value is -0.820. The fourth-order valence-corrected chi connectivity index (χ4v) is 3.79. The third-order valence-corrected chi connectivity index (χ3v) is 5.02. The van der Waals surface area contributed by atoms with Gasteiger partial charge in [-0.15, -0.1) is 0 Å². The molecule has 2 atom stereocenters. The van der Waals surface area contributed by atoms with Crippen LogP contribution in [0.4, 0.5) is 0 Å². The first-order valence-electron chi connectivity index (χ1n) is 8.51. The number of rotatable bonds is 7. The minimum atomic E-state index is 0.374. The van der Waals surface area contributed by atoms with Crippen LogP contribution in [0.25, 0.3) is 0 Å². The summed E-state index contributed by atoms with van der Waals surface area (Å²) < 4.78 is 0. The van der Waals surface area contributed by atoms with E-state index in [0.717, 1.165) is 19.0 Å². The summed E-state index contributed by atoms with van der Waals surface area (Å²) in [5.74, 6) is 0.810. The van der Waals surface area contributed by atoms with Crippen molar-refractivity contribution in [2.45, 2.75) is 64.7 Å². The lowest BCUT2D eigenvalue weighted by Gasteiger charge is -2.41.